The average Bonchev–Trinajstić information content (AvgIpc) is 2.09. The fraction of sp³-hybridized carbons (Fsp3) is 0.400. The van der Waals surface area contributed by atoms with Gasteiger partial charge in [0.1, 0.15) is 11.6 Å². The van der Waals surface area contributed by atoms with Crippen molar-refractivity contribution in [3.8, 4) is 0 Å². The lowest BCUT2D eigenvalue weighted by molar-refractivity contribution is 0.168. The quantitative estimate of drug-likeness (QED) is 0.741. The first kappa shape index (κ1) is 10.1. The van der Waals surface area contributed by atoms with Gasteiger partial charge in [0.2, 0.25) is 0 Å². The number of hydrogen-bond donors (Lipinski definition) is 0. The zero-order valence-electron chi connectivity index (χ0n) is 7.56. The lowest BCUT2D eigenvalue weighted by Crippen LogP contribution is -2.36. The van der Waals surface area contributed by atoms with Gasteiger partial charge in [-0.05, 0) is 47.6 Å². The SMILES string of the molecule is Fc1ccc(Br)c(F)c1CN1CCC1. The molecule has 1 saturated heterocycles. The summed E-state index contributed by atoms with van der Waals surface area (Å²) in [5, 5.41) is 0. The molecule has 0 N–H and O–H groups in total. The number of likely N-dealkylation sites (tertiary alicyclic amines) is 1. The van der Waals surface area contributed by atoms with Crippen LogP contribution in [0.25, 0.3) is 0 Å². The molecule has 4 heteroatoms. The number of rotatable bonds is 2. The average molecular weight is 262 g/mol. The Morgan fingerprint density at radius 1 is 1.29 bits per heavy atom. The second-order valence-electron chi connectivity index (χ2n) is 3.45. The van der Waals surface area contributed by atoms with Crippen molar-refractivity contribution in [3.63, 3.8) is 0 Å². The highest BCUT2D eigenvalue weighted by Gasteiger charge is 2.19. The van der Waals surface area contributed by atoms with Gasteiger partial charge in [-0.2, -0.15) is 0 Å². The fourth-order valence-corrected chi connectivity index (χ4v) is 1.85. The van der Waals surface area contributed by atoms with Crippen molar-refractivity contribution in [3.05, 3.63) is 33.8 Å². The van der Waals surface area contributed by atoms with E-state index in [0.717, 1.165) is 19.5 Å². The molecule has 1 heterocycles. The first-order valence-corrected chi connectivity index (χ1v) is 5.32. The van der Waals surface area contributed by atoms with E-state index in [4.69, 9.17) is 0 Å². The van der Waals surface area contributed by atoms with Crippen molar-refractivity contribution in [2.45, 2.75) is 13.0 Å². The summed E-state index contributed by atoms with van der Waals surface area (Å²) in [5.41, 5.74) is 0.166. The molecular formula is C10H10BrF2N. The van der Waals surface area contributed by atoms with E-state index >= 15 is 0 Å². The lowest BCUT2D eigenvalue weighted by atomic mass is 10.1. The van der Waals surface area contributed by atoms with Gasteiger partial charge >= 0.3 is 0 Å². The maximum Gasteiger partial charge on any atom is 0.144 e. The summed E-state index contributed by atoms with van der Waals surface area (Å²) >= 11 is 3.05. The Kier molecular flexibility index (Phi) is 2.83. The molecule has 1 aromatic carbocycles. The van der Waals surface area contributed by atoms with E-state index in [1.165, 1.54) is 12.1 Å². The van der Waals surface area contributed by atoms with Crippen LogP contribution >= 0.6 is 15.9 Å². The third-order valence-electron chi connectivity index (χ3n) is 2.47. The molecule has 1 aliphatic rings. The maximum absolute atomic E-state index is 13.5. The molecule has 0 aromatic heterocycles. The first-order chi connectivity index (χ1) is 6.68. The normalized spacial score (nSPS) is 16.8. The molecule has 1 fully saturated rings. The second-order valence-corrected chi connectivity index (χ2v) is 4.31. The van der Waals surface area contributed by atoms with Crippen molar-refractivity contribution in [2.24, 2.45) is 0 Å². The minimum atomic E-state index is -0.475. The number of nitrogens with zero attached hydrogens (tertiary/aromatic N) is 1. The highest BCUT2D eigenvalue weighted by molar-refractivity contribution is 9.10. The van der Waals surface area contributed by atoms with E-state index in [2.05, 4.69) is 15.9 Å². The van der Waals surface area contributed by atoms with Crippen LogP contribution in [0.15, 0.2) is 16.6 Å². The summed E-state index contributed by atoms with van der Waals surface area (Å²) in [7, 11) is 0. The number of benzene rings is 1. The Labute approximate surface area is 89.8 Å². The van der Waals surface area contributed by atoms with E-state index < -0.39 is 11.6 Å². The molecule has 0 spiro atoms. The minimum Gasteiger partial charge on any atom is -0.299 e. The van der Waals surface area contributed by atoms with E-state index in [0.29, 0.717) is 11.0 Å². The highest BCUT2D eigenvalue weighted by Crippen LogP contribution is 2.24. The molecule has 0 amide bonds. The van der Waals surface area contributed by atoms with E-state index in [-0.39, 0.29) is 5.56 Å². The van der Waals surface area contributed by atoms with Crippen LogP contribution in [0.5, 0.6) is 0 Å². The summed E-state index contributed by atoms with van der Waals surface area (Å²) in [5.74, 6) is -0.936. The van der Waals surface area contributed by atoms with Crippen LogP contribution in [-0.4, -0.2) is 18.0 Å². The van der Waals surface area contributed by atoms with Gasteiger partial charge in [0.05, 0.1) is 4.47 Å². The Hall–Kier alpha value is -0.480. The summed E-state index contributed by atoms with van der Waals surface area (Å²) in [6.45, 7) is 2.24. The molecule has 0 saturated carbocycles. The van der Waals surface area contributed by atoms with Gasteiger partial charge in [-0.25, -0.2) is 8.78 Å². The van der Waals surface area contributed by atoms with Crippen LogP contribution in [0.4, 0.5) is 8.78 Å². The summed E-state index contributed by atoms with van der Waals surface area (Å²) in [6.07, 6.45) is 1.12. The molecule has 2 rings (SSSR count). The van der Waals surface area contributed by atoms with Crippen LogP contribution in [0.1, 0.15) is 12.0 Å². The molecule has 1 aliphatic heterocycles. The van der Waals surface area contributed by atoms with Crippen molar-refractivity contribution in [1.82, 2.24) is 4.90 Å². The summed E-state index contributed by atoms with van der Waals surface area (Å²) in [4.78, 5) is 2.02. The predicted octanol–water partition coefficient (Wildman–Crippen LogP) is 2.93. The summed E-state index contributed by atoms with van der Waals surface area (Å²) < 4.78 is 27.1. The Morgan fingerprint density at radius 2 is 2.00 bits per heavy atom. The molecular weight excluding hydrogens is 252 g/mol. The van der Waals surface area contributed by atoms with Gasteiger partial charge in [0.15, 0.2) is 0 Å². The van der Waals surface area contributed by atoms with Gasteiger partial charge in [0.25, 0.3) is 0 Å². The smallest absolute Gasteiger partial charge is 0.144 e. The van der Waals surface area contributed by atoms with Crippen LogP contribution in [0, 0.1) is 11.6 Å². The molecule has 0 unspecified atom stereocenters. The van der Waals surface area contributed by atoms with Crippen molar-refractivity contribution in [1.29, 1.82) is 0 Å². The Balaban J connectivity index is 2.25. The van der Waals surface area contributed by atoms with Gasteiger partial charge in [0, 0.05) is 12.1 Å². The second kappa shape index (κ2) is 3.95. The predicted molar refractivity (Wildman–Crippen MR) is 54.0 cm³/mol. The maximum atomic E-state index is 13.5. The highest BCUT2D eigenvalue weighted by atomic mass is 79.9. The van der Waals surface area contributed by atoms with Crippen LogP contribution in [-0.2, 0) is 6.54 Å². The van der Waals surface area contributed by atoms with Gasteiger partial charge in [-0.3, -0.25) is 4.90 Å². The van der Waals surface area contributed by atoms with Crippen LogP contribution in [0.3, 0.4) is 0 Å². The molecule has 0 atom stereocenters. The van der Waals surface area contributed by atoms with Crippen molar-refractivity contribution < 1.29 is 8.78 Å². The standard InChI is InChI=1S/C10H10BrF2N/c11-8-2-3-9(12)7(10(8)13)6-14-4-1-5-14/h2-3H,1,4-6H2. The van der Waals surface area contributed by atoms with E-state index in [9.17, 15) is 8.78 Å². The molecule has 1 nitrogen and oxygen atoms in total. The zero-order valence-corrected chi connectivity index (χ0v) is 9.15. The molecule has 0 radical (unpaired) electrons. The van der Waals surface area contributed by atoms with E-state index in [1.807, 2.05) is 4.90 Å². The fourth-order valence-electron chi connectivity index (χ4n) is 1.48. The third kappa shape index (κ3) is 1.81. The van der Waals surface area contributed by atoms with Gasteiger partial charge in [-0.1, -0.05) is 0 Å². The zero-order chi connectivity index (χ0) is 10.1. The van der Waals surface area contributed by atoms with Gasteiger partial charge in [-0.15, -0.1) is 0 Å². The molecule has 0 aliphatic carbocycles. The Morgan fingerprint density at radius 3 is 2.57 bits per heavy atom. The van der Waals surface area contributed by atoms with Crippen molar-refractivity contribution >= 4 is 15.9 Å². The monoisotopic (exact) mass is 261 g/mol. The molecule has 76 valence electrons. The lowest BCUT2D eigenvalue weighted by Gasteiger charge is -2.30. The van der Waals surface area contributed by atoms with E-state index in [1.54, 1.807) is 0 Å². The molecule has 0 bridgehead atoms. The summed E-state index contributed by atoms with van der Waals surface area (Å²) in [6, 6.07) is 2.69. The van der Waals surface area contributed by atoms with Crippen LogP contribution < -0.4 is 0 Å². The number of halogens is 3. The van der Waals surface area contributed by atoms with Crippen molar-refractivity contribution in [2.75, 3.05) is 13.1 Å². The van der Waals surface area contributed by atoms with Crippen LogP contribution in [0.2, 0.25) is 0 Å². The Bertz CT molecular complexity index is 350. The largest absolute Gasteiger partial charge is 0.299 e. The molecule has 1 aromatic rings. The molecule has 14 heavy (non-hydrogen) atoms. The topological polar surface area (TPSA) is 3.24 Å². The van der Waals surface area contributed by atoms with Gasteiger partial charge < -0.3 is 0 Å². The number of hydrogen-bond acceptors (Lipinski definition) is 1. The minimum absolute atomic E-state index is 0.166. The first-order valence-electron chi connectivity index (χ1n) is 4.53. The third-order valence-corrected chi connectivity index (χ3v) is 3.08.